The molecule has 0 unspecified atom stereocenters. The van der Waals surface area contributed by atoms with Gasteiger partial charge in [-0.2, -0.15) is 13.2 Å². The molecule has 4 nitrogen and oxygen atoms in total. The lowest BCUT2D eigenvalue weighted by Crippen LogP contribution is -2.35. The van der Waals surface area contributed by atoms with Gasteiger partial charge in [0.05, 0.1) is 18.1 Å². The van der Waals surface area contributed by atoms with Crippen molar-refractivity contribution in [3.63, 3.8) is 0 Å². The van der Waals surface area contributed by atoms with Crippen molar-refractivity contribution in [1.29, 1.82) is 0 Å². The second-order valence-corrected chi connectivity index (χ2v) is 6.13. The summed E-state index contributed by atoms with van der Waals surface area (Å²) < 4.78 is 43.6. The zero-order valence-electron chi connectivity index (χ0n) is 13.6. The van der Waals surface area contributed by atoms with Gasteiger partial charge in [0.2, 0.25) is 0 Å². The highest BCUT2D eigenvalue weighted by Gasteiger charge is 2.31. The summed E-state index contributed by atoms with van der Waals surface area (Å²) in [5, 5.41) is 0. The van der Waals surface area contributed by atoms with Crippen molar-refractivity contribution in [3.05, 3.63) is 59.5 Å². The van der Waals surface area contributed by atoms with Crippen molar-refractivity contribution in [2.45, 2.75) is 19.1 Å². The van der Waals surface area contributed by atoms with Crippen LogP contribution in [0.2, 0.25) is 0 Å². The van der Waals surface area contributed by atoms with Crippen LogP contribution in [-0.2, 0) is 12.7 Å². The lowest BCUT2D eigenvalue weighted by Gasteiger charge is -2.22. The number of hydrogen-bond acceptors (Lipinski definition) is 3. The molecule has 0 aliphatic carbocycles. The standard InChI is InChI=1S/C18H19F3N2O2/c19-18(20,21)16-4-1-3-15(11-16)17(24)23-7-2-6-22(8-9-23)12-14-5-10-25-13-14/h1,3-5,10-11,13H,2,6-9,12H2. The van der Waals surface area contributed by atoms with E-state index < -0.39 is 11.7 Å². The zero-order valence-corrected chi connectivity index (χ0v) is 13.6. The van der Waals surface area contributed by atoms with Crippen molar-refractivity contribution >= 4 is 5.91 Å². The molecular formula is C18H19F3N2O2. The molecule has 0 saturated carbocycles. The van der Waals surface area contributed by atoms with E-state index in [0.29, 0.717) is 19.6 Å². The molecule has 1 saturated heterocycles. The second kappa shape index (κ2) is 7.31. The maximum atomic E-state index is 12.8. The summed E-state index contributed by atoms with van der Waals surface area (Å²) in [6, 6.07) is 6.52. The van der Waals surface area contributed by atoms with Gasteiger partial charge in [-0.25, -0.2) is 0 Å². The van der Waals surface area contributed by atoms with Crippen LogP contribution in [0.5, 0.6) is 0 Å². The lowest BCUT2D eigenvalue weighted by molar-refractivity contribution is -0.137. The van der Waals surface area contributed by atoms with Gasteiger partial charge in [-0.3, -0.25) is 9.69 Å². The Morgan fingerprint density at radius 3 is 2.68 bits per heavy atom. The summed E-state index contributed by atoms with van der Waals surface area (Å²) in [5.41, 5.74) is 0.352. The predicted octanol–water partition coefficient (Wildman–Crippen LogP) is 3.65. The Labute approximate surface area is 143 Å². The van der Waals surface area contributed by atoms with Crippen LogP contribution in [0.1, 0.15) is 27.9 Å². The van der Waals surface area contributed by atoms with Gasteiger partial charge in [0.25, 0.3) is 5.91 Å². The van der Waals surface area contributed by atoms with Crippen LogP contribution in [-0.4, -0.2) is 41.9 Å². The van der Waals surface area contributed by atoms with Crippen molar-refractivity contribution in [3.8, 4) is 0 Å². The summed E-state index contributed by atoms with van der Waals surface area (Å²) in [7, 11) is 0. The van der Waals surface area contributed by atoms with Crippen LogP contribution in [0.25, 0.3) is 0 Å². The first kappa shape index (κ1) is 17.5. The van der Waals surface area contributed by atoms with Crippen LogP contribution >= 0.6 is 0 Å². The van der Waals surface area contributed by atoms with E-state index >= 15 is 0 Å². The predicted molar refractivity (Wildman–Crippen MR) is 85.9 cm³/mol. The molecule has 3 rings (SSSR count). The number of alkyl halides is 3. The summed E-state index contributed by atoms with van der Waals surface area (Å²) in [6.45, 7) is 3.28. The Morgan fingerprint density at radius 1 is 1.12 bits per heavy atom. The number of amides is 1. The number of furan rings is 1. The number of carbonyl (C=O) groups is 1. The Morgan fingerprint density at radius 2 is 1.96 bits per heavy atom. The molecule has 0 spiro atoms. The van der Waals surface area contributed by atoms with Crippen molar-refractivity contribution in [2.75, 3.05) is 26.2 Å². The molecule has 0 N–H and O–H groups in total. The fourth-order valence-electron chi connectivity index (χ4n) is 2.98. The molecule has 1 amide bonds. The average molecular weight is 352 g/mol. The number of rotatable bonds is 3. The molecular weight excluding hydrogens is 333 g/mol. The van der Waals surface area contributed by atoms with Crippen LogP contribution in [0, 0.1) is 0 Å². The maximum absolute atomic E-state index is 12.8. The molecule has 1 aliphatic rings. The highest BCUT2D eigenvalue weighted by Crippen LogP contribution is 2.29. The van der Waals surface area contributed by atoms with Crippen LogP contribution < -0.4 is 0 Å². The molecule has 1 aromatic heterocycles. The van der Waals surface area contributed by atoms with Crippen LogP contribution in [0.3, 0.4) is 0 Å². The molecule has 7 heteroatoms. The lowest BCUT2D eigenvalue weighted by atomic mass is 10.1. The molecule has 134 valence electrons. The van der Waals surface area contributed by atoms with E-state index in [9.17, 15) is 18.0 Å². The molecule has 0 radical (unpaired) electrons. The Balaban J connectivity index is 1.65. The molecule has 25 heavy (non-hydrogen) atoms. The second-order valence-electron chi connectivity index (χ2n) is 6.13. The van der Waals surface area contributed by atoms with E-state index in [1.807, 2.05) is 6.07 Å². The van der Waals surface area contributed by atoms with E-state index in [1.54, 1.807) is 17.4 Å². The maximum Gasteiger partial charge on any atom is 0.416 e. The number of nitrogens with zero attached hydrogens (tertiary/aromatic N) is 2. The van der Waals surface area contributed by atoms with Gasteiger partial charge >= 0.3 is 6.18 Å². The van der Waals surface area contributed by atoms with E-state index in [2.05, 4.69) is 4.90 Å². The van der Waals surface area contributed by atoms with Gasteiger partial charge in [0.15, 0.2) is 0 Å². The topological polar surface area (TPSA) is 36.7 Å². The van der Waals surface area contributed by atoms with Crippen molar-refractivity contribution < 1.29 is 22.4 Å². The minimum absolute atomic E-state index is 0.0816. The Bertz CT molecular complexity index is 713. The highest BCUT2D eigenvalue weighted by atomic mass is 19.4. The quantitative estimate of drug-likeness (QED) is 0.846. The van der Waals surface area contributed by atoms with Gasteiger partial charge in [-0.1, -0.05) is 6.07 Å². The van der Waals surface area contributed by atoms with Crippen LogP contribution in [0.15, 0.2) is 47.3 Å². The molecule has 2 heterocycles. The first-order chi connectivity index (χ1) is 11.9. The number of halogens is 3. The molecule has 2 aromatic rings. The first-order valence-electron chi connectivity index (χ1n) is 8.13. The summed E-state index contributed by atoms with van der Waals surface area (Å²) in [5.74, 6) is -0.351. The molecule has 0 bridgehead atoms. The third kappa shape index (κ3) is 4.42. The molecule has 1 fully saturated rings. The van der Waals surface area contributed by atoms with E-state index in [-0.39, 0.29) is 11.5 Å². The highest BCUT2D eigenvalue weighted by molar-refractivity contribution is 5.94. The van der Waals surface area contributed by atoms with Crippen LogP contribution in [0.4, 0.5) is 13.2 Å². The number of benzene rings is 1. The normalized spacial score (nSPS) is 16.7. The Kier molecular flexibility index (Phi) is 5.13. The Hall–Kier alpha value is -2.28. The SMILES string of the molecule is O=C(c1cccc(C(F)(F)F)c1)N1CCCN(Cc2ccoc2)CC1. The van der Waals surface area contributed by atoms with E-state index in [4.69, 9.17) is 4.42 Å². The fraction of sp³-hybridized carbons (Fsp3) is 0.389. The van der Waals surface area contributed by atoms with Crippen molar-refractivity contribution in [2.24, 2.45) is 0 Å². The first-order valence-corrected chi connectivity index (χ1v) is 8.13. The largest absolute Gasteiger partial charge is 0.472 e. The fourth-order valence-corrected chi connectivity index (χ4v) is 2.98. The van der Waals surface area contributed by atoms with E-state index in [0.717, 1.165) is 37.2 Å². The van der Waals surface area contributed by atoms with Gasteiger partial charge in [0, 0.05) is 43.9 Å². The van der Waals surface area contributed by atoms with Crippen molar-refractivity contribution in [1.82, 2.24) is 9.80 Å². The van der Waals surface area contributed by atoms with Gasteiger partial charge in [0.1, 0.15) is 0 Å². The summed E-state index contributed by atoms with van der Waals surface area (Å²) in [6.07, 6.45) is -0.355. The van der Waals surface area contributed by atoms with E-state index in [1.165, 1.54) is 12.1 Å². The minimum Gasteiger partial charge on any atom is -0.472 e. The van der Waals surface area contributed by atoms with Gasteiger partial charge in [-0.15, -0.1) is 0 Å². The minimum atomic E-state index is -4.45. The monoisotopic (exact) mass is 352 g/mol. The van der Waals surface area contributed by atoms with Gasteiger partial charge in [-0.05, 0) is 30.7 Å². The third-order valence-corrected chi connectivity index (χ3v) is 4.30. The summed E-state index contributed by atoms with van der Waals surface area (Å²) in [4.78, 5) is 16.4. The third-order valence-electron chi connectivity index (χ3n) is 4.30. The summed E-state index contributed by atoms with van der Waals surface area (Å²) >= 11 is 0. The van der Waals surface area contributed by atoms with Gasteiger partial charge < -0.3 is 9.32 Å². The average Bonchev–Trinajstić information content (AvgIpc) is 2.98. The zero-order chi connectivity index (χ0) is 17.9. The number of hydrogen-bond donors (Lipinski definition) is 0. The molecule has 1 aromatic carbocycles. The molecule has 1 aliphatic heterocycles. The number of carbonyl (C=O) groups excluding carboxylic acids is 1. The smallest absolute Gasteiger partial charge is 0.416 e. The molecule has 0 atom stereocenters.